The molecule has 3 aromatic carbocycles. The third kappa shape index (κ3) is 5.59. The zero-order valence-electron chi connectivity index (χ0n) is 20.9. The molecule has 1 amide bonds. The number of hydrogen-bond donors (Lipinski definition) is 0. The highest BCUT2D eigenvalue weighted by molar-refractivity contribution is 6.12. The van der Waals surface area contributed by atoms with Crippen LogP contribution in [-0.4, -0.2) is 30.8 Å². The van der Waals surface area contributed by atoms with Gasteiger partial charge in [0.2, 0.25) is 5.91 Å². The summed E-state index contributed by atoms with van der Waals surface area (Å²) in [5, 5.41) is 0. The fourth-order valence-electron chi connectivity index (χ4n) is 4.20. The number of para-hydroxylation sites is 1. The number of carbonyl (C=O) groups is 2. The molecule has 0 saturated heterocycles. The van der Waals surface area contributed by atoms with Crippen molar-refractivity contribution >= 4 is 29.3 Å². The summed E-state index contributed by atoms with van der Waals surface area (Å²) in [5.41, 5.74) is 1.89. The minimum atomic E-state index is -4.62. The molecule has 0 aliphatic heterocycles. The number of benzene rings is 3. The van der Waals surface area contributed by atoms with Crippen molar-refractivity contribution in [3.05, 3.63) is 108 Å². The minimum absolute atomic E-state index is 0.0376. The number of alkyl halides is 3. The second-order valence-corrected chi connectivity index (χ2v) is 8.71. The van der Waals surface area contributed by atoms with Crippen molar-refractivity contribution in [2.75, 3.05) is 23.4 Å². The number of nitrogens with zero attached hydrogens (tertiary/aromatic N) is 3. The smallest absolute Gasteiger partial charge is 0.373 e. The molecule has 0 spiro atoms. The molecule has 0 fully saturated rings. The summed E-state index contributed by atoms with van der Waals surface area (Å²) in [4.78, 5) is 33.6. The van der Waals surface area contributed by atoms with Crippen LogP contribution in [0.2, 0.25) is 0 Å². The van der Waals surface area contributed by atoms with Gasteiger partial charge in [0.25, 0.3) is 0 Å². The molecule has 5 nitrogen and oxygen atoms in total. The van der Waals surface area contributed by atoms with Gasteiger partial charge < -0.3 is 9.69 Å². The zero-order chi connectivity index (χ0) is 27.3. The number of anilines is 3. The van der Waals surface area contributed by atoms with Gasteiger partial charge in [-0.05, 0) is 66.1 Å². The SMILES string of the molecule is CCN(C)c1ccc(C(F)(F)F)cc1N(C(=O)C(C=O)c1cccc(-c2cccnc2)c1)c1ccccc1. The maximum absolute atomic E-state index is 14.1. The summed E-state index contributed by atoms with van der Waals surface area (Å²) in [5.74, 6) is -1.93. The van der Waals surface area contributed by atoms with Gasteiger partial charge in [0.1, 0.15) is 12.2 Å². The minimum Gasteiger partial charge on any atom is -0.373 e. The van der Waals surface area contributed by atoms with Gasteiger partial charge in [-0.15, -0.1) is 0 Å². The zero-order valence-corrected chi connectivity index (χ0v) is 20.9. The van der Waals surface area contributed by atoms with Crippen LogP contribution in [0.4, 0.5) is 30.2 Å². The van der Waals surface area contributed by atoms with Gasteiger partial charge in [-0.1, -0.05) is 42.5 Å². The number of pyridine rings is 1. The Morgan fingerprint density at radius 2 is 1.66 bits per heavy atom. The van der Waals surface area contributed by atoms with E-state index in [0.29, 0.717) is 29.8 Å². The van der Waals surface area contributed by atoms with E-state index >= 15 is 0 Å². The van der Waals surface area contributed by atoms with E-state index in [1.165, 1.54) is 11.0 Å². The lowest BCUT2D eigenvalue weighted by Gasteiger charge is -2.31. The molecular formula is C30H26F3N3O2. The number of hydrogen-bond acceptors (Lipinski definition) is 4. The molecular weight excluding hydrogens is 491 g/mol. The lowest BCUT2D eigenvalue weighted by Crippen LogP contribution is -2.34. The molecule has 4 aromatic rings. The van der Waals surface area contributed by atoms with Gasteiger partial charge in [0.15, 0.2) is 0 Å². The summed E-state index contributed by atoms with van der Waals surface area (Å²) in [6, 6.07) is 22.3. The summed E-state index contributed by atoms with van der Waals surface area (Å²) < 4.78 is 41.3. The van der Waals surface area contributed by atoms with Crippen LogP contribution in [0, 0.1) is 0 Å². The van der Waals surface area contributed by atoms with Crippen molar-refractivity contribution in [3.8, 4) is 11.1 Å². The molecule has 194 valence electrons. The number of aromatic nitrogens is 1. The quantitative estimate of drug-likeness (QED) is 0.189. The normalized spacial score (nSPS) is 12.0. The van der Waals surface area contributed by atoms with Crippen LogP contribution in [0.3, 0.4) is 0 Å². The van der Waals surface area contributed by atoms with E-state index < -0.39 is 23.6 Å². The molecule has 0 N–H and O–H groups in total. The Balaban J connectivity index is 1.88. The number of halogens is 3. The van der Waals surface area contributed by atoms with E-state index in [2.05, 4.69) is 4.98 Å². The van der Waals surface area contributed by atoms with Crippen molar-refractivity contribution in [1.29, 1.82) is 0 Å². The monoisotopic (exact) mass is 517 g/mol. The third-order valence-corrected chi connectivity index (χ3v) is 6.31. The Morgan fingerprint density at radius 1 is 0.921 bits per heavy atom. The number of amides is 1. The first-order valence-corrected chi connectivity index (χ1v) is 12.0. The van der Waals surface area contributed by atoms with Gasteiger partial charge in [0, 0.05) is 31.7 Å². The number of aldehydes is 1. The highest BCUT2D eigenvalue weighted by atomic mass is 19.4. The predicted octanol–water partition coefficient (Wildman–Crippen LogP) is 6.87. The summed E-state index contributed by atoms with van der Waals surface area (Å²) in [7, 11) is 1.73. The number of rotatable bonds is 8. The van der Waals surface area contributed by atoms with Crippen LogP contribution in [0.25, 0.3) is 11.1 Å². The molecule has 4 rings (SSSR count). The molecule has 0 aliphatic carbocycles. The first-order valence-electron chi connectivity index (χ1n) is 12.0. The van der Waals surface area contributed by atoms with Crippen LogP contribution in [0.5, 0.6) is 0 Å². The van der Waals surface area contributed by atoms with Gasteiger partial charge in [-0.2, -0.15) is 13.2 Å². The predicted molar refractivity (Wildman–Crippen MR) is 142 cm³/mol. The highest BCUT2D eigenvalue weighted by Crippen LogP contribution is 2.41. The largest absolute Gasteiger partial charge is 0.416 e. The van der Waals surface area contributed by atoms with Gasteiger partial charge in [0.05, 0.1) is 16.9 Å². The van der Waals surface area contributed by atoms with E-state index in [-0.39, 0.29) is 5.69 Å². The van der Waals surface area contributed by atoms with Crippen molar-refractivity contribution in [3.63, 3.8) is 0 Å². The summed E-state index contributed by atoms with van der Waals surface area (Å²) in [6.07, 6.45) is -0.783. The van der Waals surface area contributed by atoms with Crippen molar-refractivity contribution < 1.29 is 22.8 Å². The molecule has 0 saturated carbocycles. The third-order valence-electron chi connectivity index (χ3n) is 6.31. The molecule has 1 unspecified atom stereocenters. The Labute approximate surface area is 219 Å². The molecule has 0 aliphatic rings. The fourth-order valence-corrected chi connectivity index (χ4v) is 4.20. The van der Waals surface area contributed by atoms with Crippen LogP contribution in [-0.2, 0) is 15.8 Å². The Hall–Kier alpha value is -4.46. The topological polar surface area (TPSA) is 53.5 Å². The van der Waals surface area contributed by atoms with Crippen LogP contribution in [0.1, 0.15) is 24.0 Å². The van der Waals surface area contributed by atoms with Crippen LogP contribution < -0.4 is 9.80 Å². The molecule has 1 atom stereocenters. The molecule has 8 heteroatoms. The molecule has 0 bridgehead atoms. The Kier molecular flexibility index (Phi) is 7.90. The number of carbonyl (C=O) groups excluding carboxylic acids is 2. The van der Waals surface area contributed by atoms with E-state index in [1.54, 1.807) is 78.9 Å². The van der Waals surface area contributed by atoms with Crippen molar-refractivity contribution in [2.24, 2.45) is 0 Å². The highest BCUT2D eigenvalue weighted by Gasteiger charge is 2.35. The average Bonchev–Trinajstić information content (AvgIpc) is 2.94. The van der Waals surface area contributed by atoms with Crippen molar-refractivity contribution in [1.82, 2.24) is 4.98 Å². The first-order chi connectivity index (χ1) is 18.2. The first kappa shape index (κ1) is 26.6. The average molecular weight is 518 g/mol. The maximum atomic E-state index is 14.1. The van der Waals surface area contributed by atoms with Gasteiger partial charge in [-0.25, -0.2) is 0 Å². The second-order valence-electron chi connectivity index (χ2n) is 8.71. The van der Waals surface area contributed by atoms with Crippen molar-refractivity contribution in [2.45, 2.75) is 19.0 Å². The Morgan fingerprint density at radius 3 is 2.29 bits per heavy atom. The van der Waals surface area contributed by atoms with E-state index in [4.69, 9.17) is 0 Å². The van der Waals surface area contributed by atoms with Gasteiger partial charge in [-0.3, -0.25) is 14.7 Å². The van der Waals surface area contributed by atoms with Crippen LogP contribution >= 0.6 is 0 Å². The fraction of sp³-hybridized carbons (Fsp3) is 0.167. The second kappa shape index (κ2) is 11.3. The van der Waals surface area contributed by atoms with E-state index in [9.17, 15) is 22.8 Å². The molecule has 0 radical (unpaired) electrons. The molecule has 1 heterocycles. The standard InChI is InChI=1S/C30H26F3N3O2/c1-3-35(2)27-15-14-24(30(31,32)33)18-28(27)36(25-12-5-4-6-13-25)29(38)26(20-37)22-10-7-9-21(17-22)23-11-8-16-34-19-23/h4-20,26H,3H2,1-2H3. The lowest BCUT2D eigenvalue weighted by atomic mass is 9.94. The Bertz CT molecular complexity index is 1410. The van der Waals surface area contributed by atoms with Gasteiger partial charge >= 0.3 is 6.18 Å². The maximum Gasteiger partial charge on any atom is 0.416 e. The van der Waals surface area contributed by atoms with Crippen LogP contribution in [0.15, 0.2) is 97.3 Å². The lowest BCUT2D eigenvalue weighted by molar-refractivity contribution is -0.137. The summed E-state index contributed by atoms with van der Waals surface area (Å²) in [6.45, 7) is 2.34. The molecule has 38 heavy (non-hydrogen) atoms. The van der Waals surface area contributed by atoms with E-state index in [0.717, 1.165) is 23.3 Å². The summed E-state index contributed by atoms with van der Waals surface area (Å²) >= 11 is 0. The molecule has 1 aromatic heterocycles. The van der Waals surface area contributed by atoms with E-state index in [1.807, 2.05) is 19.1 Å².